The number of carbonyl (C=O) groups is 1. The third-order valence-electron chi connectivity index (χ3n) is 3.26. The lowest BCUT2D eigenvalue weighted by molar-refractivity contribution is -0.885. The van der Waals surface area contributed by atoms with E-state index in [9.17, 15) is 4.79 Å². The van der Waals surface area contributed by atoms with Crippen molar-refractivity contribution < 1.29 is 9.69 Å². The Kier molecular flexibility index (Phi) is 6.49. The summed E-state index contributed by atoms with van der Waals surface area (Å²) in [5.74, 6) is 0.0283. The molecule has 1 unspecified atom stereocenters. The number of nitrogens with one attached hydrogen (secondary N) is 2. The molecular weight excluding hydrogens is 360 g/mol. The molecular formula is C17H20BrN2OS+. The number of thioether (sulfide) groups is 1. The molecule has 2 rings (SSSR count). The van der Waals surface area contributed by atoms with Crippen LogP contribution in [0, 0.1) is 0 Å². The first-order chi connectivity index (χ1) is 10.6. The number of halogens is 1. The molecule has 0 radical (unpaired) electrons. The summed E-state index contributed by atoms with van der Waals surface area (Å²) >= 11 is 5.12. The van der Waals surface area contributed by atoms with Crippen molar-refractivity contribution in [2.75, 3.05) is 25.2 Å². The predicted octanol–water partition coefficient (Wildman–Crippen LogP) is 2.82. The Balaban J connectivity index is 1.83. The second-order valence-electron chi connectivity index (χ2n) is 5.21. The number of likely N-dealkylation sites (N-methyl/N-ethyl adjacent to an activating group) is 1. The molecule has 3 nitrogen and oxygen atoms in total. The van der Waals surface area contributed by atoms with E-state index in [-0.39, 0.29) is 5.91 Å². The number of rotatable bonds is 6. The zero-order valence-corrected chi connectivity index (χ0v) is 15.1. The number of quaternary nitrogens is 1. The third-order valence-corrected chi connectivity index (χ3v) is 4.53. The van der Waals surface area contributed by atoms with Crippen molar-refractivity contribution in [3.05, 3.63) is 58.6 Å². The molecule has 0 spiro atoms. The van der Waals surface area contributed by atoms with Crippen LogP contribution in [0.4, 0.5) is 5.69 Å². The Hall–Kier alpha value is -1.30. The molecule has 2 aromatic rings. The molecule has 0 heterocycles. The summed E-state index contributed by atoms with van der Waals surface area (Å²) in [5.41, 5.74) is 2.07. The molecule has 116 valence electrons. The smallest absolute Gasteiger partial charge is 0.279 e. The van der Waals surface area contributed by atoms with E-state index in [4.69, 9.17) is 0 Å². The van der Waals surface area contributed by atoms with Crippen LogP contribution in [0.1, 0.15) is 5.56 Å². The summed E-state index contributed by atoms with van der Waals surface area (Å²) in [4.78, 5) is 14.5. The molecule has 2 aromatic carbocycles. The van der Waals surface area contributed by atoms with E-state index < -0.39 is 0 Å². The second kappa shape index (κ2) is 8.36. The fourth-order valence-corrected chi connectivity index (χ4v) is 2.84. The van der Waals surface area contributed by atoms with Gasteiger partial charge in [-0.1, -0.05) is 28.1 Å². The number of amides is 1. The Labute approximate surface area is 144 Å². The Morgan fingerprint density at radius 3 is 2.36 bits per heavy atom. The SMILES string of the molecule is CSc1ccc(C[NH+](C)CC(=O)Nc2ccc(Br)cc2)cc1. The summed E-state index contributed by atoms with van der Waals surface area (Å²) in [6.07, 6.45) is 2.07. The van der Waals surface area contributed by atoms with Gasteiger partial charge in [-0.3, -0.25) is 4.79 Å². The fourth-order valence-electron chi connectivity index (χ4n) is 2.17. The maximum Gasteiger partial charge on any atom is 0.279 e. The zero-order chi connectivity index (χ0) is 15.9. The lowest BCUT2D eigenvalue weighted by Crippen LogP contribution is -3.08. The summed E-state index contributed by atoms with van der Waals surface area (Å²) in [5, 5.41) is 2.92. The summed E-state index contributed by atoms with van der Waals surface area (Å²) in [6.45, 7) is 1.28. The van der Waals surface area contributed by atoms with Gasteiger partial charge in [-0.25, -0.2) is 0 Å². The van der Waals surface area contributed by atoms with Crippen molar-refractivity contribution >= 4 is 39.3 Å². The first-order valence-electron chi connectivity index (χ1n) is 7.06. The van der Waals surface area contributed by atoms with E-state index in [2.05, 4.69) is 51.8 Å². The first-order valence-corrected chi connectivity index (χ1v) is 9.08. The molecule has 0 fully saturated rings. The van der Waals surface area contributed by atoms with Gasteiger partial charge >= 0.3 is 0 Å². The predicted molar refractivity (Wildman–Crippen MR) is 96.5 cm³/mol. The van der Waals surface area contributed by atoms with Gasteiger partial charge in [0.15, 0.2) is 6.54 Å². The van der Waals surface area contributed by atoms with Crippen LogP contribution in [-0.4, -0.2) is 25.8 Å². The van der Waals surface area contributed by atoms with Crippen LogP contribution >= 0.6 is 27.7 Å². The summed E-state index contributed by atoms with van der Waals surface area (Å²) in [7, 11) is 2.03. The number of hydrogen-bond donors (Lipinski definition) is 2. The molecule has 0 aromatic heterocycles. The molecule has 22 heavy (non-hydrogen) atoms. The van der Waals surface area contributed by atoms with Gasteiger partial charge in [-0.05, 0) is 42.7 Å². The van der Waals surface area contributed by atoms with Crippen LogP contribution in [-0.2, 0) is 11.3 Å². The van der Waals surface area contributed by atoms with Crippen molar-refractivity contribution in [1.29, 1.82) is 0 Å². The van der Waals surface area contributed by atoms with E-state index >= 15 is 0 Å². The Bertz CT molecular complexity index is 614. The van der Waals surface area contributed by atoms with Crippen LogP contribution in [0.3, 0.4) is 0 Å². The van der Waals surface area contributed by atoms with E-state index in [1.165, 1.54) is 10.5 Å². The van der Waals surface area contributed by atoms with Crippen molar-refractivity contribution in [2.24, 2.45) is 0 Å². The average molecular weight is 380 g/mol. The van der Waals surface area contributed by atoms with Gasteiger partial charge in [0.05, 0.1) is 7.05 Å². The van der Waals surface area contributed by atoms with E-state index in [0.29, 0.717) is 6.54 Å². The highest BCUT2D eigenvalue weighted by molar-refractivity contribution is 9.10. The van der Waals surface area contributed by atoms with E-state index in [0.717, 1.165) is 21.6 Å². The maximum atomic E-state index is 12.1. The molecule has 1 atom stereocenters. The fraction of sp³-hybridized carbons (Fsp3) is 0.235. The number of hydrogen-bond acceptors (Lipinski definition) is 2. The summed E-state index contributed by atoms with van der Waals surface area (Å²) < 4.78 is 1.00. The summed E-state index contributed by atoms with van der Waals surface area (Å²) in [6, 6.07) is 16.1. The van der Waals surface area contributed by atoms with Gasteiger partial charge in [0.25, 0.3) is 5.91 Å². The van der Waals surface area contributed by atoms with Gasteiger partial charge in [-0.15, -0.1) is 11.8 Å². The minimum Gasteiger partial charge on any atom is -0.326 e. The number of anilines is 1. The quantitative estimate of drug-likeness (QED) is 0.756. The number of benzene rings is 2. The molecule has 5 heteroatoms. The van der Waals surface area contributed by atoms with Crippen molar-refractivity contribution in [3.8, 4) is 0 Å². The molecule has 0 aliphatic heterocycles. The lowest BCUT2D eigenvalue weighted by Gasteiger charge is -2.14. The molecule has 0 bridgehead atoms. The molecule has 0 aliphatic carbocycles. The second-order valence-corrected chi connectivity index (χ2v) is 7.01. The lowest BCUT2D eigenvalue weighted by atomic mass is 10.2. The minimum atomic E-state index is 0.0283. The van der Waals surface area contributed by atoms with Crippen molar-refractivity contribution in [3.63, 3.8) is 0 Å². The topological polar surface area (TPSA) is 33.5 Å². The molecule has 2 N–H and O–H groups in total. The highest BCUT2D eigenvalue weighted by Crippen LogP contribution is 2.15. The van der Waals surface area contributed by atoms with Gasteiger partial charge < -0.3 is 10.2 Å². The van der Waals surface area contributed by atoms with E-state index in [1.54, 1.807) is 11.8 Å². The average Bonchev–Trinajstić information content (AvgIpc) is 2.50. The van der Waals surface area contributed by atoms with Gasteiger partial charge in [0.1, 0.15) is 6.54 Å². The van der Waals surface area contributed by atoms with Gasteiger partial charge in [0.2, 0.25) is 0 Å². The largest absolute Gasteiger partial charge is 0.326 e. The zero-order valence-electron chi connectivity index (χ0n) is 12.7. The molecule has 0 aliphatic rings. The third kappa shape index (κ3) is 5.48. The maximum absolute atomic E-state index is 12.1. The Morgan fingerprint density at radius 1 is 1.14 bits per heavy atom. The molecule has 0 saturated carbocycles. The number of carbonyl (C=O) groups excluding carboxylic acids is 1. The normalized spacial score (nSPS) is 12.0. The van der Waals surface area contributed by atoms with Crippen LogP contribution in [0.25, 0.3) is 0 Å². The molecule has 1 amide bonds. The molecule has 0 saturated heterocycles. The first kappa shape index (κ1) is 17.1. The monoisotopic (exact) mass is 379 g/mol. The van der Waals surface area contributed by atoms with Crippen molar-refractivity contribution in [1.82, 2.24) is 0 Å². The van der Waals surface area contributed by atoms with Gasteiger partial charge in [-0.2, -0.15) is 0 Å². The van der Waals surface area contributed by atoms with Crippen molar-refractivity contribution in [2.45, 2.75) is 11.4 Å². The highest BCUT2D eigenvalue weighted by atomic mass is 79.9. The van der Waals surface area contributed by atoms with Crippen LogP contribution < -0.4 is 10.2 Å². The van der Waals surface area contributed by atoms with Crippen LogP contribution in [0.2, 0.25) is 0 Å². The van der Waals surface area contributed by atoms with Crippen LogP contribution in [0.5, 0.6) is 0 Å². The van der Waals surface area contributed by atoms with E-state index in [1.807, 2.05) is 31.3 Å². The van der Waals surface area contributed by atoms with Gasteiger partial charge in [0, 0.05) is 20.6 Å². The van der Waals surface area contributed by atoms with Crippen LogP contribution in [0.15, 0.2) is 57.9 Å². The minimum absolute atomic E-state index is 0.0283. The standard InChI is InChI=1S/C17H19BrN2OS/c1-20(11-13-3-9-16(22-2)10-4-13)12-17(21)19-15-7-5-14(18)6-8-15/h3-10H,11-12H2,1-2H3,(H,19,21)/p+1. The Morgan fingerprint density at radius 2 is 1.77 bits per heavy atom. The highest BCUT2D eigenvalue weighted by Gasteiger charge is 2.11.